The molecule has 5 heteroatoms. The second-order valence-corrected chi connectivity index (χ2v) is 4.13. The average molecular weight is 266 g/mol. The van der Waals surface area contributed by atoms with Crippen LogP contribution in [0.5, 0.6) is 5.75 Å². The molecule has 0 aliphatic carbocycles. The normalized spacial score (nSPS) is 18.8. The zero-order valence-corrected chi connectivity index (χ0v) is 10.5. The molecule has 0 saturated carbocycles. The van der Waals surface area contributed by atoms with E-state index >= 15 is 0 Å². The Bertz CT molecular complexity index is 551. The summed E-state index contributed by atoms with van der Waals surface area (Å²) in [5.74, 6) is 0.404. The van der Waals surface area contributed by atoms with E-state index in [0.29, 0.717) is 21.9 Å². The molecule has 0 radical (unpaired) electrons. The molecule has 4 nitrogen and oxygen atoms in total. The third-order valence-electron chi connectivity index (χ3n) is 2.66. The topological polar surface area (TPSA) is 61.6 Å². The van der Waals surface area contributed by atoms with Gasteiger partial charge in [-0.2, -0.15) is 0 Å². The van der Waals surface area contributed by atoms with Crippen LogP contribution in [0.4, 0.5) is 0 Å². The molecule has 0 aromatic heterocycles. The minimum absolute atomic E-state index is 0.0890. The summed E-state index contributed by atoms with van der Waals surface area (Å²) >= 11 is 6.01. The number of halogens is 1. The van der Waals surface area contributed by atoms with Crippen LogP contribution in [0.3, 0.4) is 0 Å². The Morgan fingerprint density at radius 1 is 1.56 bits per heavy atom. The van der Waals surface area contributed by atoms with E-state index in [1.165, 1.54) is 13.2 Å². The van der Waals surface area contributed by atoms with Crippen LogP contribution in [0.2, 0.25) is 5.02 Å². The second-order valence-electron chi connectivity index (χ2n) is 3.73. The van der Waals surface area contributed by atoms with Gasteiger partial charge < -0.3 is 15.2 Å². The fraction of sp³-hybridized carbons (Fsp3) is 0.154. The SMILES string of the molecule is C=CC1OC(N)=C(c2ccc(OC)c(Cl)c2)C1=O. The van der Waals surface area contributed by atoms with Gasteiger partial charge in [0, 0.05) is 0 Å². The Morgan fingerprint density at radius 3 is 2.78 bits per heavy atom. The van der Waals surface area contributed by atoms with Gasteiger partial charge in [0.05, 0.1) is 17.7 Å². The largest absolute Gasteiger partial charge is 0.495 e. The van der Waals surface area contributed by atoms with Crippen molar-refractivity contribution in [3.05, 3.63) is 47.3 Å². The molecule has 1 aromatic rings. The van der Waals surface area contributed by atoms with Crippen LogP contribution in [-0.4, -0.2) is 19.0 Å². The molecule has 1 heterocycles. The lowest BCUT2D eigenvalue weighted by Crippen LogP contribution is -2.14. The maximum atomic E-state index is 12.0. The molecule has 18 heavy (non-hydrogen) atoms. The summed E-state index contributed by atoms with van der Waals surface area (Å²) in [5, 5.41) is 0.408. The fourth-order valence-electron chi connectivity index (χ4n) is 1.77. The van der Waals surface area contributed by atoms with Crippen LogP contribution in [-0.2, 0) is 9.53 Å². The number of hydrogen-bond acceptors (Lipinski definition) is 4. The van der Waals surface area contributed by atoms with Crippen molar-refractivity contribution in [1.82, 2.24) is 0 Å². The van der Waals surface area contributed by atoms with E-state index < -0.39 is 6.10 Å². The molecular formula is C13H12ClNO3. The van der Waals surface area contributed by atoms with Gasteiger partial charge in [0.25, 0.3) is 0 Å². The Morgan fingerprint density at radius 2 is 2.28 bits per heavy atom. The minimum Gasteiger partial charge on any atom is -0.495 e. The summed E-state index contributed by atoms with van der Waals surface area (Å²) in [7, 11) is 1.52. The molecule has 2 rings (SSSR count). The van der Waals surface area contributed by atoms with Gasteiger partial charge in [0.1, 0.15) is 5.75 Å². The molecule has 2 N–H and O–H groups in total. The predicted molar refractivity (Wildman–Crippen MR) is 69.2 cm³/mol. The molecule has 1 aromatic carbocycles. The molecular weight excluding hydrogens is 254 g/mol. The second kappa shape index (κ2) is 4.74. The van der Waals surface area contributed by atoms with Gasteiger partial charge >= 0.3 is 0 Å². The Kier molecular flexibility index (Phi) is 3.30. The third-order valence-corrected chi connectivity index (χ3v) is 2.96. The zero-order chi connectivity index (χ0) is 13.3. The lowest BCUT2D eigenvalue weighted by atomic mass is 10.0. The molecule has 1 atom stereocenters. The van der Waals surface area contributed by atoms with E-state index in [2.05, 4.69) is 6.58 Å². The molecule has 1 aliphatic rings. The molecule has 0 spiro atoms. The Hall–Kier alpha value is -1.94. The highest BCUT2D eigenvalue weighted by atomic mass is 35.5. The standard InChI is InChI=1S/C13H12ClNO3/c1-3-9-12(16)11(13(15)18-9)7-4-5-10(17-2)8(14)6-7/h3-6,9H,1,15H2,2H3. The molecule has 0 amide bonds. The Balaban J connectivity index is 2.43. The summed E-state index contributed by atoms with van der Waals surface area (Å²) in [6, 6.07) is 5.00. The Labute approximate surface area is 110 Å². The van der Waals surface area contributed by atoms with E-state index in [9.17, 15) is 4.79 Å². The molecule has 1 unspecified atom stereocenters. The first-order valence-corrected chi connectivity index (χ1v) is 5.63. The number of carbonyl (C=O) groups is 1. The van der Waals surface area contributed by atoms with E-state index in [1.54, 1.807) is 18.2 Å². The number of Topliss-reactive ketones (excluding diaryl/α,β-unsaturated/α-hetero) is 1. The van der Waals surface area contributed by atoms with Crippen molar-refractivity contribution in [2.45, 2.75) is 6.10 Å². The predicted octanol–water partition coefficient (Wildman–Crippen LogP) is 2.13. The van der Waals surface area contributed by atoms with Crippen molar-refractivity contribution in [2.75, 3.05) is 7.11 Å². The first-order chi connectivity index (χ1) is 8.58. The first-order valence-electron chi connectivity index (χ1n) is 5.25. The number of rotatable bonds is 3. The zero-order valence-electron chi connectivity index (χ0n) is 9.77. The fourth-order valence-corrected chi connectivity index (χ4v) is 2.03. The smallest absolute Gasteiger partial charge is 0.213 e. The highest BCUT2D eigenvalue weighted by molar-refractivity contribution is 6.33. The van der Waals surface area contributed by atoms with Crippen molar-refractivity contribution in [1.29, 1.82) is 0 Å². The highest BCUT2D eigenvalue weighted by Crippen LogP contribution is 2.32. The van der Waals surface area contributed by atoms with Gasteiger partial charge in [0.15, 0.2) is 12.0 Å². The van der Waals surface area contributed by atoms with Crippen molar-refractivity contribution < 1.29 is 14.3 Å². The van der Waals surface area contributed by atoms with Crippen LogP contribution < -0.4 is 10.5 Å². The number of ether oxygens (including phenoxy) is 2. The summed E-state index contributed by atoms with van der Waals surface area (Å²) in [6.07, 6.45) is 0.689. The number of hydrogen-bond donors (Lipinski definition) is 1. The summed E-state index contributed by atoms with van der Waals surface area (Å²) in [4.78, 5) is 12.0. The number of ketones is 1. The van der Waals surface area contributed by atoms with E-state index in [1.807, 2.05) is 0 Å². The number of carbonyl (C=O) groups excluding carboxylic acids is 1. The first kappa shape index (κ1) is 12.5. The minimum atomic E-state index is -0.721. The van der Waals surface area contributed by atoms with Crippen molar-refractivity contribution in [3.8, 4) is 5.75 Å². The third kappa shape index (κ3) is 1.95. The summed E-state index contributed by atoms with van der Waals surface area (Å²) in [6.45, 7) is 3.53. The van der Waals surface area contributed by atoms with E-state index in [4.69, 9.17) is 26.8 Å². The van der Waals surface area contributed by atoms with Gasteiger partial charge in [-0.05, 0) is 23.8 Å². The number of nitrogens with two attached hydrogens (primary N) is 1. The highest BCUT2D eigenvalue weighted by Gasteiger charge is 2.32. The van der Waals surface area contributed by atoms with Crippen LogP contribution >= 0.6 is 11.6 Å². The van der Waals surface area contributed by atoms with Crippen molar-refractivity contribution >= 4 is 23.0 Å². The number of benzene rings is 1. The molecule has 0 fully saturated rings. The van der Waals surface area contributed by atoms with Gasteiger partial charge in [0.2, 0.25) is 5.78 Å². The average Bonchev–Trinajstić information content (AvgIpc) is 2.64. The van der Waals surface area contributed by atoms with Crippen LogP contribution in [0.15, 0.2) is 36.7 Å². The van der Waals surface area contributed by atoms with Crippen molar-refractivity contribution in [2.24, 2.45) is 5.73 Å². The quantitative estimate of drug-likeness (QED) is 0.851. The maximum Gasteiger partial charge on any atom is 0.213 e. The van der Waals surface area contributed by atoms with Gasteiger partial charge in [-0.25, -0.2) is 0 Å². The summed E-state index contributed by atoms with van der Waals surface area (Å²) < 4.78 is 10.2. The van der Waals surface area contributed by atoms with E-state index in [0.717, 1.165) is 0 Å². The molecule has 94 valence electrons. The lowest BCUT2D eigenvalue weighted by molar-refractivity contribution is -0.118. The molecule has 0 bridgehead atoms. The van der Waals surface area contributed by atoms with Crippen LogP contribution in [0.25, 0.3) is 5.57 Å². The van der Waals surface area contributed by atoms with Gasteiger partial charge in [-0.3, -0.25) is 4.79 Å². The summed E-state index contributed by atoms with van der Waals surface area (Å²) in [5.41, 5.74) is 6.63. The number of methoxy groups -OCH3 is 1. The lowest BCUT2D eigenvalue weighted by Gasteiger charge is -2.06. The van der Waals surface area contributed by atoms with Gasteiger partial charge in [-0.1, -0.05) is 24.2 Å². The van der Waals surface area contributed by atoms with Crippen molar-refractivity contribution in [3.63, 3.8) is 0 Å². The molecule has 1 aliphatic heterocycles. The van der Waals surface area contributed by atoms with Crippen LogP contribution in [0, 0.1) is 0 Å². The van der Waals surface area contributed by atoms with Crippen LogP contribution in [0.1, 0.15) is 5.56 Å². The van der Waals surface area contributed by atoms with Gasteiger partial charge in [-0.15, -0.1) is 0 Å². The molecule has 0 saturated heterocycles. The maximum absolute atomic E-state index is 12.0. The van der Waals surface area contributed by atoms with E-state index in [-0.39, 0.29) is 11.7 Å². The monoisotopic (exact) mass is 265 g/mol.